The Hall–Kier alpha value is -4.19. The normalized spacial score (nSPS) is 13.1. The van der Waals surface area contributed by atoms with E-state index in [9.17, 15) is 14.4 Å². The molecule has 0 aromatic rings. The van der Waals surface area contributed by atoms with Crippen LogP contribution in [0.1, 0.15) is 201 Å². The first-order valence-corrected chi connectivity index (χ1v) is 25.2. The fourth-order valence-corrected chi connectivity index (χ4v) is 6.39. The molecule has 0 N–H and O–H groups in total. The Morgan fingerprint density at radius 1 is 0.333 bits per heavy atom. The Bertz CT molecular complexity index is 1370. The first-order chi connectivity index (χ1) is 31.0. The van der Waals surface area contributed by atoms with E-state index in [2.05, 4.69) is 93.7 Å². The van der Waals surface area contributed by atoms with Gasteiger partial charge in [0.25, 0.3) is 0 Å². The van der Waals surface area contributed by atoms with Crippen LogP contribution in [0.25, 0.3) is 0 Å². The van der Waals surface area contributed by atoms with Crippen LogP contribution in [0.3, 0.4) is 0 Å². The number of carbonyl (C=O) groups excluding carboxylic acids is 3. The van der Waals surface area contributed by atoms with E-state index < -0.39 is 6.10 Å². The maximum absolute atomic E-state index is 12.8. The van der Waals surface area contributed by atoms with Crippen molar-refractivity contribution in [3.63, 3.8) is 0 Å². The summed E-state index contributed by atoms with van der Waals surface area (Å²) in [6, 6.07) is 0. The van der Waals surface area contributed by atoms with E-state index in [1.807, 2.05) is 48.6 Å². The molecule has 0 spiro atoms. The molecule has 0 aromatic heterocycles. The van der Waals surface area contributed by atoms with Crippen LogP contribution in [-0.4, -0.2) is 37.2 Å². The first-order valence-electron chi connectivity index (χ1n) is 25.2. The van der Waals surface area contributed by atoms with Crippen LogP contribution in [0.5, 0.6) is 0 Å². The van der Waals surface area contributed by atoms with Gasteiger partial charge in [-0.15, -0.1) is 0 Å². The van der Waals surface area contributed by atoms with E-state index in [0.717, 1.165) is 103 Å². The van der Waals surface area contributed by atoms with Gasteiger partial charge in [-0.25, -0.2) is 0 Å². The monoisotopic (exact) mass is 871 g/mol. The van der Waals surface area contributed by atoms with Crippen molar-refractivity contribution in [2.24, 2.45) is 0 Å². The van der Waals surface area contributed by atoms with Crippen LogP contribution in [0.4, 0.5) is 0 Å². The lowest BCUT2D eigenvalue weighted by Gasteiger charge is -2.18. The van der Waals surface area contributed by atoms with Gasteiger partial charge in [-0.05, 0) is 83.5 Å². The molecule has 0 heterocycles. The molecule has 0 rings (SSSR count). The summed E-state index contributed by atoms with van der Waals surface area (Å²) >= 11 is 0. The third-order valence-electron chi connectivity index (χ3n) is 10.1. The molecular weight excluding hydrogens is 781 g/mol. The highest BCUT2D eigenvalue weighted by atomic mass is 16.6. The zero-order chi connectivity index (χ0) is 45.8. The summed E-state index contributed by atoms with van der Waals surface area (Å²) in [4.78, 5) is 38.0. The van der Waals surface area contributed by atoms with E-state index in [4.69, 9.17) is 14.2 Å². The highest BCUT2D eigenvalue weighted by Gasteiger charge is 2.19. The molecule has 0 aliphatic heterocycles. The lowest BCUT2D eigenvalue weighted by atomic mass is 10.1. The maximum Gasteiger partial charge on any atom is 0.306 e. The molecule has 6 heteroatoms. The predicted octanol–water partition coefficient (Wildman–Crippen LogP) is 16.5. The van der Waals surface area contributed by atoms with Crippen LogP contribution in [-0.2, 0) is 28.6 Å². The highest BCUT2D eigenvalue weighted by molar-refractivity contribution is 5.71. The smallest absolute Gasteiger partial charge is 0.306 e. The third-order valence-corrected chi connectivity index (χ3v) is 10.1. The minimum absolute atomic E-state index is 0.107. The van der Waals surface area contributed by atoms with E-state index >= 15 is 0 Å². The molecule has 0 fully saturated rings. The molecule has 0 amide bonds. The molecule has 1 atom stereocenters. The molecule has 0 bridgehead atoms. The second kappa shape index (κ2) is 50.5. The summed E-state index contributed by atoms with van der Waals surface area (Å²) in [6.45, 7) is 6.26. The Labute approximate surface area is 386 Å². The van der Waals surface area contributed by atoms with Crippen molar-refractivity contribution in [2.75, 3.05) is 13.2 Å². The van der Waals surface area contributed by atoms with Crippen LogP contribution >= 0.6 is 0 Å². The number of carbonyl (C=O) groups is 3. The Balaban J connectivity index is 4.53. The van der Waals surface area contributed by atoms with E-state index in [-0.39, 0.29) is 31.1 Å². The molecule has 0 aromatic carbocycles. The Kier molecular flexibility index (Phi) is 47.1. The minimum atomic E-state index is -0.810. The fraction of sp³-hybridized carbons (Fsp3) is 0.596. The van der Waals surface area contributed by atoms with Crippen LogP contribution < -0.4 is 0 Å². The molecule has 6 nitrogen and oxygen atoms in total. The number of esters is 3. The van der Waals surface area contributed by atoms with Crippen molar-refractivity contribution < 1.29 is 28.6 Å². The summed E-state index contributed by atoms with van der Waals surface area (Å²) in [5, 5.41) is 0. The van der Waals surface area contributed by atoms with Gasteiger partial charge in [0.15, 0.2) is 6.10 Å². The standard InChI is InChI=1S/C57H90O6/c1-4-7-10-13-16-19-22-25-28-31-34-37-40-43-46-49-55(58)61-52-54(63-57(60)51-48-45-42-39-36-33-30-27-24-21-18-15-12-9-6-3)53-62-56(59)50-47-44-41-38-35-32-29-26-23-20-17-14-11-8-5-2/h7,9-10,12-13,15-26,28,31,34,54H,4-6,8,11,14,27,29-30,32-33,35-53H2,1-3H3/b10-7-,12-9-,16-13-,18-15-,20-17-,22-19-,24-21-,26-23-,28-25-,34-31-. The molecule has 0 aliphatic rings. The summed E-state index contributed by atoms with van der Waals surface area (Å²) in [6.07, 6.45) is 68.9. The van der Waals surface area contributed by atoms with Gasteiger partial charge < -0.3 is 14.2 Å². The quantitative estimate of drug-likeness (QED) is 0.0263. The second-order valence-corrected chi connectivity index (χ2v) is 16.2. The van der Waals surface area contributed by atoms with Crippen molar-refractivity contribution in [1.29, 1.82) is 0 Å². The van der Waals surface area contributed by atoms with Gasteiger partial charge in [0.05, 0.1) is 0 Å². The highest BCUT2D eigenvalue weighted by Crippen LogP contribution is 2.13. The SMILES string of the molecule is CC\C=C/C=C\C=C/C=C\C=C/CCCCCC(=O)OCC(COC(=O)CCCCCCCC/C=C\C=C/CCCCC)OC(=O)CCCCCCCCC\C=C/C=C\C=C/CC. The third kappa shape index (κ3) is 48.7. The topological polar surface area (TPSA) is 78.9 Å². The number of ether oxygens (including phenoxy) is 3. The number of hydrogen-bond acceptors (Lipinski definition) is 6. The van der Waals surface area contributed by atoms with Crippen molar-refractivity contribution in [3.8, 4) is 0 Å². The van der Waals surface area contributed by atoms with E-state index in [1.165, 1.54) is 57.8 Å². The van der Waals surface area contributed by atoms with Gasteiger partial charge in [0.2, 0.25) is 0 Å². The molecule has 63 heavy (non-hydrogen) atoms. The van der Waals surface area contributed by atoms with Crippen LogP contribution in [0.2, 0.25) is 0 Å². The van der Waals surface area contributed by atoms with Gasteiger partial charge in [-0.1, -0.05) is 219 Å². The number of allylic oxidation sites excluding steroid dienone is 20. The second-order valence-electron chi connectivity index (χ2n) is 16.2. The average molecular weight is 871 g/mol. The van der Waals surface area contributed by atoms with Gasteiger partial charge in [0, 0.05) is 19.3 Å². The Morgan fingerprint density at radius 2 is 0.619 bits per heavy atom. The fourth-order valence-electron chi connectivity index (χ4n) is 6.39. The van der Waals surface area contributed by atoms with Gasteiger partial charge >= 0.3 is 17.9 Å². The Morgan fingerprint density at radius 3 is 1.00 bits per heavy atom. The zero-order valence-electron chi connectivity index (χ0n) is 40.3. The average Bonchev–Trinajstić information content (AvgIpc) is 3.28. The first kappa shape index (κ1) is 58.8. The summed E-state index contributed by atoms with van der Waals surface area (Å²) in [5.41, 5.74) is 0. The van der Waals surface area contributed by atoms with E-state index in [1.54, 1.807) is 0 Å². The summed E-state index contributed by atoms with van der Waals surface area (Å²) in [5.74, 6) is -0.982. The molecular formula is C57H90O6. The molecule has 0 radical (unpaired) electrons. The van der Waals surface area contributed by atoms with Crippen LogP contribution in [0.15, 0.2) is 122 Å². The number of hydrogen-bond donors (Lipinski definition) is 0. The van der Waals surface area contributed by atoms with Crippen molar-refractivity contribution in [1.82, 2.24) is 0 Å². The molecule has 354 valence electrons. The minimum Gasteiger partial charge on any atom is -0.462 e. The molecule has 0 aliphatic carbocycles. The lowest BCUT2D eigenvalue weighted by molar-refractivity contribution is -0.167. The summed E-state index contributed by atoms with van der Waals surface area (Å²) < 4.78 is 16.7. The summed E-state index contributed by atoms with van der Waals surface area (Å²) in [7, 11) is 0. The van der Waals surface area contributed by atoms with Crippen molar-refractivity contribution in [3.05, 3.63) is 122 Å². The van der Waals surface area contributed by atoms with Crippen LogP contribution in [0, 0.1) is 0 Å². The number of rotatable bonds is 43. The number of unbranched alkanes of at least 4 members (excludes halogenated alkanes) is 19. The van der Waals surface area contributed by atoms with E-state index in [0.29, 0.717) is 19.3 Å². The van der Waals surface area contributed by atoms with Gasteiger partial charge in [-0.3, -0.25) is 14.4 Å². The molecule has 1 unspecified atom stereocenters. The predicted molar refractivity (Wildman–Crippen MR) is 269 cm³/mol. The maximum atomic E-state index is 12.8. The lowest BCUT2D eigenvalue weighted by Crippen LogP contribution is -2.30. The van der Waals surface area contributed by atoms with Gasteiger partial charge in [0.1, 0.15) is 13.2 Å². The zero-order valence-corrected chi connectivity index (χ0v) is 40.3. The molecule has 0 saturated carbocycles. The van der Waals surface area contributed by atoms with Gasteiger partial charge in [-0.2, -0.15) is 0 Å². The largest absolute Gasteiger partial charge is 0.462 e. The van der Waals surface area contributed by atoms with Crippen molar-refractivity contribution >= 4 is 17.9 Å². The van der Waals surface area contributed by atoms with Crippen molar-refractivity contribution in [2.45, 2.75) is 207 Å². The molecule has 0 saturated heterocycles.